The molecule has 78 valence electrons. The maximum atomic E-state index is 11.3. The number of fused-ring (bicyclic) bond motifs is 1. The second kappa shape index (κ2) is 3.53. The van der Waals surface area contributed by atoms with Crippen LogP contribution in [0.15, 0.2) is 39.5 Å². The molecular weight excluding hydrogens is 200 g/mol. The molecule has 0 aliphatic heterocycles. The molecule has 1 aliphatic carbocycles. The highest BCUT2D eigenvalue weighted by Crippen LogP contribution is 2.27. The molecule has 0 spiro atoms. The van der Waals surface area contributed by atoms with E-state index < -0.39 is 0 Å². The highest BCUT2D eigenvalue weighted by atomic mass is 16.4. The second-order valence-corrected chi connectivity index (χ2v) is 4.02. The Bertz CT molecular complexity index is 651. The zero-order chi connectivity index (χ0) is 11.0. The van der Waals surface area contributed by atoms with Crippen molar-refractivity contribution in [3.63, 3.8) is 0 Å². The molecule has 1 aromatic heterocycles. The van der Waals surface area contributed by atoms with Crippen molar-refractivity contribution in [2.24, 2.45) is 5.92 Å². The molecule has 0 unspecified atom stereocenters. The Hall–Kier alpha value is -2.01. The van der Waals surface area contributed by atoms with Gasteiger partial charge in [0, 0.05) is 22.9 Å². The van der Waals surface area contributed by atoms with Gasteiger partial charge in [-0.3, -0.25) is 0 Å². The minimum atomic E-state index is -0.334. The molecule has 2 aromatic rings. The van der Waals surface area contributed by atoms with E-state index in [-0.39, 0.29) is 5.63 Å². The van der Waals surface area contributed by atoms with Gasteiger partial charge >= 0.3 is 5.63 Å². The molecule has 16 heavy (non-hydrogen) atoms. The molecule has 0 saturated heterocycles. The standard InChI is InChI=1S/C14H10O2/c15-14-9-11(8-7-10-5-6-10)12-3-1-2-4-13(12)16-14/h1-4,9-10H,5-6H2. The molecule has 1 aromatic carbocycles. The zero-order valence-corrected chi connectivity index (χ0v) is 8.69. The fourth-order valence-corrected chi connectivity index (χ4v) is 1.62. The lowest BCUT2D eigenvalue weighted by Crippen LogP contribution is -1.98. The molecule has 3 rings (SSSR count). The highest BCUT2D eigenvalue weighted by Gasteiger charge is 2.17. The summed E-state index contributed by atoms with van der Waals surface area (Å²) in [5.41, 5.74) is 1.05. The zero-order valence-electron chi connectivity index (χ0n) is 8.69. The molecule has 1 heterocycles. The van der Waals surface area contributed by atoms with Crippen molar-refractivity contribution in [1.82, 2.24) is 0 Å². The minimum absolute atomic E-state index is 0.334. The summed E-state index contributed by atoms with van der Waals surface area (Å²) in [6, 6.07) is 8.96. The SMILES string of the molecule is O=c1cc(C#CC2CC2)c2ccccc2o1. The van der Waals surface area contributed by atoms with Crippen LogP contribution in [-0.2, 0) is 0 Å². The Labute approximate surface area is 92.9 Å². The fraction of sp³-hybridized carbons (Fsp3) is 0.214. The van der Waals surface area contributed by atoms with Crippen molar-refractivity contribution in [2.45, 2.75) is 12.8 Å². The maximum Gasteiger partial charge on any atom is 0.337 e. The maximum absolute atomic E-state index is 11.3. The van der Waals surface area contributed by atoms with E-state index in [1.807, 2.05) is 18.2 Å². The Morgan fingerprint density at radius 1 is 1.25 bits per heavy atom. The topological polar surface area (TPSA) is 30.2 Å². The van der Waals surface area contributed by atoms with Gasteiger partial charge in [0.25, 0.3) is 0 Å². The highest BCUT2D eigenvalue weighted by molar-refractivity contribution is 5.82. The molecule has 0 amide bonds. The normalized spacial score (nSPS) is 14.5. The van der Waals surface area contributed by atoms with Crippen molar-refractivity contribution in [2.75, 3.05) is 0 Å². The fourth-order valence-electron chi connectivity index (χ4n) is 1.62. The number of para-hydroxylation sites is 1. The molecule has 0 bridgehead atoms. The number of hydrogen-bond acceptors (Lipinski definition) is 2. The van der Waals surface area contributed by atoms with Crippen molar-refractivity contribution in [3.05, 3.63) is 46.3 Å². The smallest absolute Gasteiger partial charge is 0.337 e. The lowest BCUT2D eigenvalue weighted by molar-refractivity contribution is 0.560. The van der Waals surface area contributed by atoms with E-state index in [0.29, 0.717) is 11.5 Å². The number of benzene rings is 1. The van der Waals surface area contributed by atoms with E-state index in [4.69, 9.17) is 4.42 Å². The van der Waals surface area contributed by atoms with Crippen LogP contribution in [0.3, 0.4) is 0 Å². The summed E-state index contributed by atoms with van der Waals surface area (Å²) in [5.74, 6) is 6.78. The third-order valence-electron chi connectivity index (χ3n) is 2.64. The monoisotopic (exact) mass is 210 g/mol. The van der Waals surface area contributed by atoms with Gasteiger partial charge in [0.15, 0.2) is 0 Å². The molecule has 2 heteroatoms. The largest absolute Gasteiger partial charge is 0.423 e. The van der Waals surface area contributed by atoms with Gasteiger partial charge in [0.05, 0.1) is 0 Å². The van der Waals surface area contributed by atoms with Gasteiger partial charge in [-0.15, -0.1) is 0 Å². The summed E-state index contributed by atoms with van der Waals surface area (Å²) in [6.45, 7) is 0. The number of hydrogen-bond donors (Lipinski definition) is 0. The first-order chi connectivity index (χ1) is 7.83. The quantitative estimate of drug-likeness (QED) is 0.494. The van der Waals surface area contributed by atoms with Crippen LogP contribution in [-0.4, -0.2) is 0 Å². The van der Waals surface area contributed by atoms with Crippen molar-refractivity contribution >= 4 is 11.0 Å². The Kier molecular flexibility index (Phi) is 2.04. The van der Waals surface area contributed by atoms with Gasteiger partial charge in [-0.25, -0.2) is 4.79 Å². The molecular formula is C14H10O2. The van der Waals surface area contributed by atoms with Crippen molar-refractivity contribution in [3.8, 4) is 11.8 Å². The molecule has 1 aliphatic rings. The van der Waals surface area contributed by atoms with E-state index in [9.17, 15) is 4.79 Å². The Balaban J connectivity index is 2.22. The van der Waals surface area contributed by atoms with E-state index in [2.05, 4.69) is 11.8 Å². The molecule has 0 radical (unpaired) electrons. The van der Waals surface area contributed by atoms with E-state index in [1.54, 1.807) is 6.07 Å². The van der Waals surface area contributed by atoms with Gasteiger partial charge in [-0.1, -0.05) is 24.0 Å². The molecule has 1 saturated carbocycles. The van der Waals surface area contributed by atoms with Crippen LogP contribution >= 0.6 is 0 Å². The van der Waals surface area contributed by atoms with Crippen LogP contribution in [0.1, 0.15) is 18.4 Å². The summed E-state index contributed by atoms with van der Waals surface area (Å²) in [6.07, 6.45) is 2.37. The Morgan fingerprint density at radius 2 is 2.06 bits per heavy atom. The lowest BCUT2D eigenvalue weighted by atomic mass is 10.1. The summed E-state index contributed by atoms with van der Waals surface area (Å²) in [7, 11) is 0. The predicted octanol–water partition coefficient (Wildman–Crippen LogP) is 2.55. The minimum Gasteiger partial charge on any atom is -0.423 e. The van der Waals surface area contributed by atoms with Gasteiger partial charge in [0.1, 0.15) is 5.58 Å². The molecule has 1 fully saturated rings. The summed E-state index contributed by atoms with van der Waals surface area (Å²) < 4.78 is 5.10. The summed E-state index contributed by atoms with van der Waals surface area (Å²) >= 11 is 0. The predicted molar refractivity (Wildman–Crippen MR) is 62.1 cm³/mol. The first kappa shape index (κ1) is 9.23. The third kappa shape index (κ3) is 1.72. The van der Waals surface area contributed by atoms with E-state index in [0.717, 1.165) is 10.9 Å². The summed E-state index contributed by atoms with van der Waals surface area (Å²) in [5, 5.41) is 0.912. The van der Waals surface area contributed by atoms with Gasteiger partial charge in [-0.05, 0) is 25.0 Å². The van der Waals surface area contributed by atoms with Crippen LogP contribution in [0, 0.1) is 17.8 Å². The first-order valence-electron chi connectivity index (χ1n) is 5.37. The average molecular weight is 210 g/mol. The first-order valence-corrected chi connectivity index (χ1v) is 5.37. The van der Waals surface area contributed by atoms with Crippen molar-refractivity contribution < 1.29 is 4.42 Å². The average Bonchev–Trinajstić information content (AvgIpc) is 3.09. The van der Waals surface area contributed by atoms with Crippen LogP contribution in [0.4, 0.5) is 0 Å². The lowest BCUT2D eigenvalue weighted by Gasteiger charge is -1.97. The molecule has 0 N–H and O–H groups in total. The van der Waals surface area contributed by atoms with Gasteiger partial charge < -0.3 is 4.42 Å². The third-order valence-corrected chi connectivity index (χ3v) is 2.64. The van der Waals surface area contributed by atoms with Crippen LogP contribution in [0.2, 0.25) is 0 Å². The van der Waals surface area contributed by atoms with Gasteiger partial charge in [0.2, 0.25) is 0 Å². The second-order valence-electron chi connectivity index (χ2n) is 4.02. The summed E-state index contributed by atoms with van der Waals surface area (Å²) in [4.78, 5) is 11.3. The van der Waals surface area contributed by atoms with Gasteiger partial charge in [-0.2, -0.15) is 0 Å². The van der Waals surface area contributed by atoms with Crippen LogP contribution in [0.25, 0.3) is 11.0 Å². The molecule has 2 nitrogen and oxygen atoms in total. The molecule has 0 atom stereocenters. The van der Waals surface area contributed by atoms with Crippen LogP contribution in [0.5, 0.6) is 0 Å². The van der Waals surface area contributed by atoms with Crippen LogP contribution < -0.4 is 5.63 Å². The van der Waals surface area contributed by atoms with Crippen molar-refractivity contribution in [1.29, 1.82) is 0 Å². The van der Waals surface area contributed by atoms with E-state index >= 15 is 0 Å². The number of rotatable bonds is 0. The van der Waals surface area contributed by atoms with E-state index in [1.165, 1.54) is 18.9 Å². The Morgan fingerprint density at radius 3 is 2.88 bits per heavy atom.